The first-order chi connectivity index (χ1) is 12.2. The van der Waals surface area contributed by atoms with E-state index in [0.717, 1.165) is 25.7 Å². The second kappa shape index (κ2) is 6.50. The molecule has 4 amide bonds. The number of hydrogen-bond donors (Lipinski definition) is 0. The van der Waals surface area contributed by atoms with Crippen LogP contribution in [-0.2, 0) is 16.0 Å². The fraction of sp³-hybridized carbons (Fsp3) is 0.526. The summed E-state index contributed by atoms with van der Waals surface area (Å²) in [5.74, 6) is -0.247. The molecule has 0 spiro atoms. The Morgan fingerprint density at radius 2 is 1.72 bits per heavy atom. The maximum atomic E-state index is 12.7. The Morgan fingerprint density at radius 3 is 2.48 bits per heavy atom. The maximum Gasteiger partial charge on any atom is 0.328 e. The molecule has 0 bridgehead atoms. The molecule has 6 heteroatoms. The fourth-order valence-corrected chi connectivity index (χ4v) is 4.24. The van der Waals surface area contributed by atoms with Crippen LogP contribution in [0.15, 0.2) is 30.3 Å². The van der Waals surface area contributed by atoms with Crippen LogP contribution in [0.2, 0.25) is 0 Å². The van der Waals surface area contributed by atoms with Gasteiger partial charge in [-0.2, -0.15) is 0 Å². The second-order valence-electron chi connectivity index (χ2n) is 7.06. The molecule has 0 aromatic heterocycles. The highest BCUT2D eigenvalue weighted by Gasteiger charge is 2.53. The number of imide groups is 1. The topological polar surface area (TPSA) is 60.9 Å². The van der Waals surface area contributed by atoms with Crippen LogP contribution in [0.1, 0.15) is 31.2 Å². The summed E-state index contributed by atoms with van der Waals surface area (Å²) in [6, 6.07) is 9.01. The zero-order valence-corrected chi connectivity index (χ0v) is 14.3. The minimum Gasteiger partial charge on any atom is -0.341 e. The lowest BCUT2D eigenvalue weighted by atomic mass is 10.1. The third-order valence-corrected chi connectivity index (χ3v) is 5.54. The van der Waals surface area contributed by atoms with E-state index in [-0.39, 0.29) is 23.9 Å². The maximum absolute atomic E-state index is 12.7. The average molecular weight is 341 g/mol. The van der Waals surface area contributed by atoms with E-state index in [0.29, 0.717) is 26.1 Å². The fourth-order valence-electron chi connectivity index (χ4n) is 4.24. The molecule has 1 aromatic carbocycles. The van der Waals surface area contributed by atoms with Crippen LogP contribution in [0.4, 0.5) is 4.79 Å². The summed E-state index contributed by atoms with van der Waals surface area (Å²) < 4.78 is 0. The van der Waals surface area contributed by atoms with Crippen molar-refractivity contribution in [3.63, 3.8) is 0 Å². The first-order valence-corrected chi connectivity index (χ1v) is 9.13. The van der Waals surface area contributed by atoms with Crippen molar-refractivity contribution in [3.8, 4) is 0 Å². The smallest absolute Gasteiger partial charge is 0.328 e. The monoisotopic (exact) mass is 341 g/mol. The molecule has 0 radical (unpaired) electrons. The van der Waals surface area contributed by atoms with Crippen LogP contribution >= 0.6 is 0 Å². The average Bonchev–Trinajstić information content (AvgIpc) is 3.29. The summed E-state index contributed by atoms with van der Waals surface area (Å²) in [7, 11) is 0. The van der Waals surface area contributed by atoms with Gasteiger partial charge in [0.15, 0.2) is 0 Å². The molecule has 0 aliphatic carbocycles. The normalized spacial score (nSPS) is 26.1. The van der Waals surface area contributed by atoms with Gasteiger partial charge in [0.1, 0.15) is 12.1 Å². The van der Waals surface area contributed by atoms with E-state index in [9.17, 15) is 14.4 Å². The Balaban J connectivity index is 1.35. The van der Waals surface area contributed by atoms with Gasteiger partial charge < -0.3 is 9.80 Å². The van der Waals surface area contributed by atoms with Gasteiger partial charge in [0.05, 0.1) is 0 Å². The van der Waals surface area contributed by atoms with Gasteiger partial charge in [-0.05, 0) is 37.7 Å². The molecule has 3 heterocycles. The van der Waals surface area contributed by atoms with E-state index >= 15 is 0 Å². The molecule has 3 saturated heterocycles. The Labute approximate surface area is 147 Å². The summed E-state index contributed by atoms with van der Waals surface area (Å²) in [6.45, 7) is 1.93. The van der Waals surface area contributed by atoms with Crippen LogP contribution in [-0.4, -0.2) is 64.3 Å². The van der Waals surface area contributed by atoms with Crippen molar-refractivity contribution in [2.24, 2.45) is 0 Å². The number of benzene rings is 1. The summed E-state index contributed by atoms with van der Waals surface area (Å²) >= 11 is 0. The van der Waals surface area contributed by atoms with Crippen LogP contribution in [0.5, 0.6) is 0 Å². The molecule has 0 unspecified atom stereocenters. The number of fused-ring (bicyclic) bond motifs is 1. The molecule has 4 rings (SSSR count). The zero-order chi connectivity index (χ0) is 17.4. The van der Waals surface area contributed by atoms with Gasteiger partial charge in [-0.1, -0.05) is 30.3 Å². The van der Waals surface area contributed by atoms with Crippen molar-refractivity contribution in [2.75, 3.05) is 19.6 Å². The lowest BCUT2D eigenvalue weighted by molar-refractivity contribution is -0.138. The van der Waals surface area contributed by atoms with Crippen LogP contribution in [0.3, 0.4) is 0 Å². The van der Waals surface area contributed by atoms with Gasteiger partial charge in [0.25, 0.3) is 5.91 Å². The predicted molar refractivity (Wildman–Crippen MR) is 91.7 cm³/mol. The summed E-state index contributed by atoms with van der Waals surface area (Å²) in [5.41, 5.74) is 1.26. The van der Waals surface area contributed by atoms with E-state index in [1.807, 2.05) is 18.2 Å². The summed E-state index contributed by atoms with van der Waals surface area (Å²) in [5, 5.41) is 0. The molecule has 2 atom stereocenters. The molecule has 3 aliphatic rings. The third kappa shape index (κ3) is 2.79. The van der Waals surface area contributed by atoms with Gasteiger partial charge in [0.2, 0.25) is 5.91 Å². The van der Waals surface area contributed by atoms with Gasteiger partial charge in [-0.15, -0.1) is 0 Å². The molecular formula is C19H23N3O3. The Morgan fingerprint density at radius 1 is 0.920 bits per heavy atom. The molecule has 25 heavy (non-hydrogen) atoms. The van der Waals surface area contributed by atoms with Crippen molar-refractivity contribution in [3.05, 3.63) is 35.9 Å². The van der Waals surface area contributed by atoms with Crippen LogP contribution < -0.4 is 0 Å². The number of amides is 4. The molecule has 0 N–H and O–H groups in total. The van der Waals surface area contributed by atoms with Gasteiger partial charge in [0, 0.05) is 19.6 Å². The van der Waals surface area contributed by atoms with Crippen molar-refractivity contribution in [1.29, 1.82) is 0 Å². The van der Waals surface area contributed by atoms with Crippen molar-refractivity contribution >= 4 is 17.8 Å². The number of aryl methyl sites for hydroxylation is 1. The van der Waals surface area contributed by atoms with Crippen molar-refractivity contribution in [2.45, 2.75) is 44.2 Å². The molecule has 3 aliphatic heterocycles. The first kappa shape index (κ1) is 16.1. The minimum atomic E-state index is -0.595. The van der Waals surface area contributed by atoms with Crippen molar-refractivity contribution < 1.29 is 14.4 Å². The number of carbonyl (C=O) groups is 3. The molecular weight excluding hydrogens is 318 g/mol. The summed E-state index contributed by atoms with van der Waals surface area (Å²) in [6.07, 6.45) is 3.97. The van der Waals surface area contributed by atoms with Gasteiger partial charge in [-0.3, -0.25) is 9.59 Å². The van der Waals surface area contributed by atoms with Crippen LogP contribution in [0.25, 0.3) is 0 Å². The number of hydrogen-bond acceptors (Lipinski definition) is 3. The van der Waals surface area contributed by atoms with E-state index in [4.69, 9.17) is 0 Å². The lowest BCUT2D eigenvalue weighted by Gasteiger charge is -2.22. The minimum absolute atomic E-state index is 0.0732. The first-order valence-electron chi connectivity index (χ1n) is 9.13. The van der Waals surface area contributed by atoms with Crippen LogP contribution in [0, 0.1) is 0 Å². The molecule has 6 nitrogen and oxygen atoms in total. The van der Waals surface area contributed by atoms with E-state index in [1.54, 1.807) is 9.80 Å². The third-order valence-electron chi connectivity index (χ3n) is 5.54. The number of carbonyl (C=O) groups excluding carboxylic acids is 3. The SMILES string of the molecule is O=C1[C@@H](N2C(=O)[C@@H]3CCCN3C2=O)CCN1CCCc1ccccc1. The highest BCUT2D eigenvalue weighted by Crippen LogP contribution is 2.31. The molecule has 0 saturated carbocycles. The van der Waals surface area contributed by atoms with E-state index in [1.165, 1.54) is 10.5 Å². The summed E-state index contributed by atoms with van der Waals surface area (Å²) in [4.78, 5) is 42.4. The predicted octanol–water partition coefficient (Wildman–Crippen LogP) is 1.65. The Hall–Kier alpha value is -2.37. The van der Waals surface area contributed by atoms with E-state index in [2.05, 4.69) is 12.1 Å². The Kier molecular flexibility index (Phi) is 4.19. The number of likely N-dealkylation sites (tertiary alicyclic amines) is 1. The Bertz CT molecular complexity index is 668. The highest BCUT2D eigenvalue weighted by molar-refractivity contribution is 6.08. The van der Waals surface area contributed by atoms with Crippen molar-refractivity contribution in [1.82, 2.24) is 14.7 Å². The second-order valence-corrected chi connectivity index (χ2v) is 7.06. The standard InChI is InChI=1S/C19H23N3O3/c23-17-16(22-18(24)15-9-5-12-21(15)19(22)25)10-13-20(17)11-4-8-14-6-2-1-3-7-14/h1-3,6-7,15-16H,4-5,8-13H2/t15-,16-/m0/s1. The van der Waals surface area contributed by atoms with E-state index < -0.39 is 6.04 Å². The highest BCUT2D eigenvalue weighted by atomic mass is 16.2. The largest absolute Gasteiger partial charge is 0.341 e. The number of nitrogens with zero attached hydrogens (tertiary/aromatic N) is 3. The molecule has 132 valence electrons. The molecule has 3 fully saturated rings. The number of urea groups is 1. The van der Waals surface area contributed by atoms with Gasteiger partial charge >= 0.3 is 6.03 Å². The molecule has 1 aromatic rings. The van der Waals surface area contributed by atoms with Gasteiger partial charge in [-0.25, -0.2) is 9.69 Å². The number of rotatable bonds is 5. The zero-order valence-electron chi connectivity index (χ0n) is 14.3. The lowest BCUT2D eigenvalue weighted by Crippen LogP contribution is -2.46. The quantitative estimate of drug-likeness (QED) is 0.765.